The maximum Gasteiger partial charge on any atom is 0.416 e. The molecule has 13 heteroatoms. The summed E-state index contributed by atoms with van der Waals surface area (Å²) in [5, 5.41) is 5.84. The van der Waals surface area contributed by atoms with Crippen LogP contribution < -0.4 is 25.0 Å². The number of alkyl halides is 3. The maximum atomic E-state index is 13.7. The van der Waals surface area contributed by atoms with Crippen molar-refractivity contribution in [3.8, 4) is 29.7 Å². The van der Waals surface area contributed by atoms with E-state index in [9.17, 15) is 18.0 Å². The molecule has 5 rings (SSSR count). The van der Waals surface area contributed by atoms with Gasteiger partial charge in [0.25, 0.3) is 11.8 Å². The number of terminal acetylenes is 1. The van der Waals surface area contributed by atoms with Gasteiger partial charge in [-0.15, -0.1) is 6.42 Å². The molecule has 0 bridgehead atoms. The van der Waals surface area contributed by atoms with Gasteiger partial charge in [-0.2, -0.15) is 18.2 Å². The van der Waals surface area contributed by atoms with E-state index in [0.29, 0.717) is 63.1 Å². The quantitative estimate of drug-likeness (QED) is 0.409. The van der Waals surface area contributed by atoms with E-state index >= 15 is 0 Å². The van der Waals surface area contributed by atoms with Crippen LogP contribution >= 0.6 is 11.6 Å². The number of carbonyl (C=O) groups is 1. The van der Waals surface area contributed by atoms with E-state index in [4.69, 9.17) is 27.5 Å². The van der Waals surface area contributed by atoms with E-state index < -0.39 is 17.6 Å². The van der Waals surface area contributed by atoms with Crippen LogP contribution in [0.15, 0.2) is 42.7 Å². The molecule has 1 amide bonds. The van der Waals surface area contributed by atoms with Crippen LogP contribution in [0.5, 0.6) is 17.4 Å². The third-order valence-electron chi connectivity index (χ3n) is 6.37. The Hall–Kier alpha value is -4.21. The Kier molecular flexibility index (Phi) is 7.86. The lowest BCUT2D eigenvalue weighted by molar-refractivity contribution is -0.137. The molecule has 2 aliphatic heterocycles. The molecule has 1 aromatic heterocycles. The number of hydrogen-bond acceptors (Lipinski definition) is 8. The van der Waals surface area contributed by atoms with E-state index in [1.54, 1.807) is 0 Å². The largest absolute Gasteiger partial charge is 0.483 e. The zero-order valence-corrected chi connectivity index (χ0v) is 21.8. The van der Waals surface area contributed by atoms with Crippen molar-refractivity contribution in [2.75, 3.05) is 61.4 Å². The van der Waals surface area contributed by atoms with Crippen LogP contribution in [0.1, 0.15) is 15.9 Å². The molecular weight excluding hydrogens is 549 g/mol. The monoisotopic (exact) mass is 572 g/mol. The highest BCUT2D eigenvalue weighted by molar-refractivity contribution is 6.32. The molecule has 208 valence electrons. The maximum absolute atomic E-state index is 13.7. The fourth-order valence-corrected chi connectivity index (χ4v) is 4.52. The summed E-state index contributed by atoms with van der Waals surface area (Å²) in [5.41, 5.74) is -0.396. The zero-order chi connectivity index (χ0) is 28.3. The van der Waals surface area contributed by atoms with Crippen LogP contribution in [0, 0.1) is 12.3 Å². The molecule has 40 heavy (non-hydrogen) atoms. The van der Waals surface area contributed by atoms with Crippen LogP contribution in [0.2, 0.25) is 5.02 Å². The Morgan fingerprint density at radius 3 is 2.73 bits per heavy atom. The second-order valence-corrected chi connectivity index (χ2v) is 9.47. The van der Waals surface area contributed by atoms with Crippen molar-refractivity contribution < 1.29 is 27.4 Å². The zero-order valence-electron chi connectivity index (χ0n) is 21.1. The van der Waals surface area contributed by atoms with Crippen molar-refractivity contribution in [3.05, 3.63) is 58.9 Å². The minimum Gasteiger partial charge on any atom is -0.483 e. The Balaban J connectivity index is 1.37. The highest BCUT2D eigenvalue weighted by Gasteiger charge is 2.32. The fourth-order valence-electron chi connectivity index (χ4n) is 4.36. The molecule has 1 saturated heterocycles. The van der Waals surface area contributed by atoms with E-state index in [1.165, 1.54) is 30.6 Å². The summed E-state index contributed by atoms with van der Waals surface area (Å²) in [5.74, 6) is 2.90. The van der Waals surface area contributed by atoms with Crippen molar-refractivity contribution in [2.45, 2.75) is 6.18 Å². The summed E-state index contributed by atoms with van der Waals surface area (Å²) in [7, 11) is 0. The van der Waals surface area contributed by atoms with E-state index in [2.05, 4.69) is 26.5 Å². The normalized spacial score (nSPS) is 15.3. The van der Waals surface area contributed by atoms with Gasteiger partial charge in [-0.25, -0.2) is 4.98 Å². The lowest BCUT2D eigenvalue weighted by atomic mass is 10.1. The standard InChI is InChI=1S/C27H24ClF3N6O3/c1-2-6-36-7-9-37(10-8-36)20-14-18(27(29,30)31)13-19(15-20)35-25(38)17-3-4-21(28)22(12-17)40-26-23-24(33-16-34-26)32-5-11-39-23/h1,3-4,12-16H,5-11H2,(H,35,38)(H,32,33,34). The molecule has 3 heterocycles. The number of fused-ring (bicyclic) bond motifs is 1. The first-order valence-corrected chi connectivity index (χ1v) is 12.7. The number of rotatable bonds is 6. The number of halogens is 4. The van der Waals surface area contributed by atoms with Gasteiger partial charge in [0.15, 0.2) is 5.82 Å². The molecule has 1 fully saturated rings. The molecule has 2 aromatic carbocycles. The van der Waals surface area contributed by atoms with E-state index in [1.807, 2.05) is 9.80 Å². The average Bonchev–Trinajstić information content (AvgIpc) is 2.94. The number of amides is 1. The van der Waals surface area contributed by atoms with Crippen LogP contribution in [0.4, 0.5) is 30.4 Å². The summed E-state index contributed by atoms with van der Waals surface area (Å²) >= 11 is 6.30. The highest BCUT2D eigenvalue weighted by Crippen LogP contribution is 2.39. The second kappa shape index (κ2) is 11.5. The molecule has 0 atom stereocenters. The molecule has 9 nitrogen and oxygen atoms in total. The number of carbonyl (C=O) groups excluding carboxylic acids is 1. The molecule has 0 aliphatic carbocycles. The third kappa shape index (κ3) is 6.16. The van der Waals surface area contributed by atoms with Gasteiger partial charge in [-0.05, 0) is 36.4 Å². The molecule has 0 radical (unpaired) electrons. The molecule has 3 aromatic rings. The van der Waals surface area contributed by atoms with Crippen molar-refractivity contribution in [3.63, 3.8) is 0 Å². The number of ether oxygens (including phenoxy) is 2. The fraction of sp³-hybridized carbons (Fsp3) is 0.296. The summed E-state index contributed by atoms with van der Waals surface area (Å²) < 4.78 is 52.7. The Labute approximate surface area is 233 Å². The summed E-state index contributed by atoms with van der Waals surface area (Å²) in [6.45, 7) is 3.67. The average molecular weight is 573 g/mol. The number of anilines is 3. The van der Waals surface area contributed by atoms with Gasteiger partial charge in [0.2, 0.25) is 5.75 Å². The van der Waals surface area contributed by atoms with Gasteiger partial charge in [-0.3, -0.25) is 9.69 Å². The first kappa shape index (κ1) is 27.4. The SMILES string of the molecule is C#CCN1CCN(c2cc(NC(=O)c3ccc(Cl)c(Oc4ncnc5c4OCCN5)c3)cc(C(F)(F)F)c2)CC1. The van der Waals surface area contributed by atoms with E-state index in [-0.39, 0.29) is 27.9 Å². The number of nitrogens with zero attached hydrogens (tertiary/aromatic N) is 4. The van der Waals surface area contributed by atoms with Gasteiger partial charge < -0.3 is 25.0 Å². The van der Waals surface area contributed by atoms with Gasteiger partial charge in [-0.1, -0.05) is 17.5 Å². The summed E-state index contributed by atoms with van der Waals surface area (Å²) in [4.78, 5) is 25.2. The molecule has 0 saturated carbocycles. The number of aromatic nitrogens is 2. The van der Waals surface area contributed by atoms with Gasteiger partial charge in [0, 0.05) is 43.1 Å². The molecular formula is C27H24ClF3N6O3. The molecule has 0 unspecified atom stereocenters. The highest BCUT2D eigenvalue weighted by atomic mass is 35.5. The predicted molar refractivity (Wildman–Crippen MR) is 144 cm³/mol. The van der Waals surface area contributed by atoms with Crippen molar-refractivity contribution in [2.24, 2.45) is 0 Å². The first-order chi connectivity index (χ1) is 19.2. The number of nitrogens with one attached hydrogen (secondary N) is 2. The van der Waals surface area contributed by atoms with Crippen LogP contribution in [0.3, 0.4) is 0 Å². The lowest BCUT2D eigenvalue weighted by Gasteiger charge is -2.35. The van der Waals surface area contributed by atoms with Crippen molar-refractivity contribution in [1.82, 2.24) is 14.9 Å². The van der Waals surface area contributed by atoms with Gasteiger partial charge >= 0.3 is 6.18 Å². The predicted octanol–water partition coefficient (Wildman–Crippen LogP) is 4.75. The van der Waals surface area contributed by atoms with Crippen LogP contribution in [0.25, 0.3) is 0 Å². The summed E-state index contributed by atoms with van der Waals surface area (Å²) in [6, 6.07) is 7.78. The Morgan fingerprint density at radius 1 is 1.18 bits per heavy atom. The van der Waals surface area contributed by atoms with Crippen LogP contribution in [-0.2, 0) is 6.18 Å². The van der Waals surface area contributed by atoms with Crippen molar-refractivity contribution in [1.29, 1.82) is 0 Å². The minimum atomic E-state index is -4.60. The number of hydrogen-bond donors (Lipinski definition) is 2. The van der Waals surface area contributed by atoms with Crippen LogP contribution in [-0.4, -0.2) is 66.7 Å². The van der Waals surface area contributed by atoms with Crippen molar-refractivity contribution >= 4 is 34.7 Å². The smallest absolute Gasteiger partial charge is 0.416 e. The number of benzene rings is 2. The first-order valence-electron chi connectivity index (χ1n) is 12.3. The lowest BCUT2D eigenvalue weighted by Crippen LogP contribution is -2.46. The Morgan fingerprint density at radius 2 is 1.98 bits per heavy atom. The summed E-state index contributed by atoms with van der Waals surface area (Å²) in [6.07, 6.45) is 2.06. The third-order valence-corrected chi connectivity index (χ3v) is 6.68. The second-order valence-electron chi connectivity index (χ2n) is 9.07. The topological polar surface area (TPSA) is 91.9 Å². The van der Waals surface area contributed by atoms with Gasteiger partial charge in [0.05, 0.1) is 23.7 Å². The molecule has 2 aliphatic rings. The van der Waals surface area contributed by atoms with E-state index in [0.717, 1.165) is 12.1 Å². The minimum absolute atomic E-state index is 0.00245. The molecule has 2 N–H and O–H groups in total. The van der Waals surface area contributed by atoms with Gasteiger partial charge in [0.1, 0.15) is 18.7 Å². The molecule has 0 spiro atoms. The Bertz CT molecular complexity index is 1450. The number of piperazine rings is 1.